The molecule has 4 nitrogen and oxygen atoms in total. The number of hydrogen-bond donors (Lipinski definition) is 1. The maximum absolute atomic E-state index is 12.3. The summed E-state index contributed by atoms with van der Waals surface area (Å²) in [6.45, 7) is 6.22. The van der Waals surface area contributed by atoms with Gasteiger partial charge in [0.1, 0.15) is 5.75 Å². The third-order valence-electron chi connectivity index (χ3n) is 3.89. The molecule has 3 rings (SSSR count). The van der Waals surface area contributed by atoms with Crippen molar-refractivity contribution in [2.75, 3.05) is 5.32 Å². The number of nitrogens with zero attached hydrogens (tertiary/aromatic N) is 1. The van der Waals surface area contributed by atoms with Gasteiger partial charge in [-0.2, -0.15) is 0 Å². The second kappa shape index (κ2) is 6.71. The Bertz CT molecular complexity index is 692. The topological polar surface area (TPSA) is 51.2 Å². The van der Waals surface area contributed by atoms with Gasteiger partial charge in [-0.3, -0.25) is 10.1 Å². The van der Waals surface area contributed by atoms with Crippen LogP contribution in [0.4, 0.5) is 5.13 Å². The molecular weight excluding hydrogens is 308 g/mol. The summed E-state index contributed by atoms with van der Waals surface area (Å²) in [6, 6.07) is 7.21. The van der Waals surface area contributed by atoms with E-state index in [4.69, 9.17) is 4.74 Å². The first-order valence-corrected chi connectivity index (χ1v) is 8.89. The number of hydrogen-bond acceptors (Lipinski definition) is 4. The predicted molar refractivity (Wildman–Crippen MR) is 93.5 cm³/mol. The maximum atomic E-state index is 12.3. The van der Waals surface area contributed by atoms with Crippen LogP contribution >= 0.6 is 11.3 Å². The molecule has 1 aliphatic carbocycles. The first kappa shape index (κ1) is 16.0. The zero-order valence-corrected chi connectivity index (χ0v) is 14.6. The highest BCUT2D eigenvalue weighted by Crippen LogP contribution is 2.32. The fourth-order valence-electron chi connectivity index (χ4n) is 2.72. The van der Waals surface area contributed by atoms with Gasteiger partial charge in [0.25, 0.3) is 5.91 Å². The molecule has 5 heteroatoms. The standard InChI is InChI=1S/C18H22N2O2S/c1-11(2)22-14-7-5-13(6-8-14)17(21)20-18-19-15-9-4-12(3)10-16(15)23-18/h5-8,11-12H,4,9-10H2,1-3H3,(H,19,20,21)/t12-/m1/s1. The van der Waals surface area contributed by atoms with Crippen LogP contribution in [0.25, 0.3) is 0 Å². The van der Waals surface area contributed by atoms with Crippen LogP contribution in [0.15, 0.2) is 24.3 Å². The molecule has 0 radical (unpaired) electrons. The molecule has 0 saturated heterocycles. The lowest BCUT2D eigenvalue weighted by molar-refractivity contribution is 0.102. The van der Waals surface area contributed by atoms with E-state index in [0.29, 0.717) is 16.6 Å². The summed E-state index contributed by atoms with van der Waals surface area (Å²) in [4.78, 5) is 18.2. The zero-order chi connectivity index (χ0) is 16.4. The van der Waals surface area contributed by atoms with Crippen LogP contribution in [-0.2, 0) is 12.8 Å². The van der Waals surface area contributed by atoms with Gasteiger partial charge in [-0.05, 0) is 63.3 Å². The number of ether oxygens (including phenoxy) is 1. The molecule has 122 valence electrons. The number of fused-ring (bicyclic) bond motifs is 1. The molecule has 0 fully saturated rings. The van der Waals surface area contributed by atoms with Gasteiger partial charge < -0.3 is 4.74 Å². The van der Waals surface area contributed by atoms with Crippen LogP contribution in [0.2, 0.25) is 0 Å². The number of aryl methyl sites for hydroxylation is 1. The van der Waals surface area contributed by atoms with Crippen LogP contribution < -0.4 is 10.1 Å². The van der Waals surface area contributed by atoms with Crippen LogP contribution in [-0.4, -0.2) is 17.0 Å². The van der Waals surface area contributed by atoms with Gasteiger partial charge in [0, 0.05) is 10.4 Å². The molecule has 0 saturated carbocycles. The Morgan fingerprint density at radius 3 is 2.78 bits per heavy atom. The second-order valence-electron chi connectivity index (χ2n) is 6.38. The number of rotatable bonds is 4. The molecular formula is C18H22N2O2S. The predicted octanol–water partition coefficient (Wildman–Crippen LogP) is 4.31. The lowest BCUT2D eigenvalue weighted by Gasteiger charge is -2.15. The van der Waals surface area contributed by atoms with Crippen molar-refractivity contribution >= 4 is 22.4 Å². The first-order valence-electron chi connectivity index (χ1n) is 8.08. The second-order valence-corrected chi connectivity index (χ2v) is 7.47. The molecule has 1 heterocycles. The zero-order valence-electron chi connectivity index (χ0n) is 13.8. The van der Waals surface area contributed by atoms with Crippen LogP contribution in [0, 0.1) is 5.92 Å². The number of nitrogens with one attached hydrogen (secondary N) is 1. The summed E-state index contributed by atoms with van der Waals surface area (Å²) in [7, 11) is 0. The molecule has 23 heavy (non-hydrogen) atoms. The molecule has 1 aromatic carbocycles. The molecule has 1 atom stereocenters. The van der Waals surface area contributed by atoms with Crippen molar-refractivity contribution in [3.8, 4) is 5.75 Å². The fourth-order valence-corrected chi connectivity index (χ4v) is 3.89. The van der Waals surface area contributed by atoms with Crippen LogP contribution in [0.3, 0.4) is 0 Å². The summed E-state index contributed by atoms with van der Waals surface area (Å²) in [5, 5.41) is 3.62. The van der Waals surface area contributed by atoms with Crippen molar-refractivity contribution in [2.24, 2.45) is 5.92 Å². The van der Waals surface area contributed by atoms with Crippen molar-refractivity contribution in [3.05, 3.63) is 40.4 Å². The number of carbonyl (C=O) groups excluding carboxylic acids is 1. The summed E-state index contributed by atoms with van der Waals surface area (Å²) in [5.74, 6) is 1.36. The van der Waals surface area contributed by atoms with Gasteiger partial charge in [0.05, 0.1) is 11.8 Å². The average molecular weight is 330 g/mol. The molecule has 1 aromatic heterocycles. The lowest BCUT2D eigenvalue weighted by Crippen LogP contribution is -2.12. The van der Waals surface area contributed by atoms with E-state index in [1.165, 1.54) is 11.3 Å². The van der Waals surface area contributed by atoms with Crippen LogP contribution in [0.5, 0.6) is 5.75 Å². The van der Waals surface area contributed by atoms with Gasteiger partial charge in [-0.15, -0.1) is 11.3 Å². The summed E-state index contributed by atoms with van der Waals surface area (Å²) in [5.41, 5.74) is 1.77. The molecule has 1 amide bonds. The minimum atomic E-state index is -0.125. The Kier molecular flexibility index (Phi) is 4.66. The summed E-state index contributed by atoms with van der Waals surface area (Å²) in [6.07, 6.45) is 3.40. The molecule has 0 unspecified atom stereocenters. The molecule has 0 aliphatic heterocycles. The maximum Gasteiger partial charge on any atom is 0.257 e. The Morgan fingerprint density at radius 1 is 1.35 bits per heavy atom. The number of thiazole rings is 1. The molecule has 1 aliphatic rings. The van der Waals surface area contributed by atoms with Gasteiger partial charge in [0.15, 0.2) is 5.13 Å². The quantitative estimate of drug-likeness (QED) is 0.909. The first-order chi connectivity index (χ1) is 11.0. The Labute approximate surface area is 140 Å². The highest BCUT2D eigenvalue weighted by atomic mass is 32.1. The van der Waals surface area contributed by atoms with Gasteiger partial charge >= 0.3 is 0 Å². The van der Waals surface area contributed by atoms with Crippen molar-refractivity contribution in [1.29, 1.82) is 0 Å². The summed E-state index contributed by atoms with van der Waals surface area (Å²) >= 11 is 1.61. The van der Waals surface area contributed by atoms with Gasteiger partial charge in [0.2, 0.25) is 0 Å². The van der Waals surface area contributed by atoms with Gasteiger partial charge in [-0.25, -0.2) is 4.98 Å². The molecule has 0 bridgehead atoms. The van der Waals surface area contributed by atoms with Crippen molar-refractivity contribution in [1.82, 2.24) is 4.98 Å². The number of aromatic nitrogens is 1. The van der Waals surface area contributed by atoms with Crippen molar-refractivity contribution in [3.63, 3.8) is 0 Å². The van der Waals surface area contributed by atoms with Gasteiger partial charge in [-0.1, -0.05) is 6.92 Å². The average Bonchev–Trinajstić information content (AvgIpc) is 2.88. The van der Waals surface area contributed by atoms with E-state index in [0.717, 1.165) is 24.3 Å². The van der Waals surface area contributed by atoms with Crippen molar-refractivity contribution < 1.29 is 9.53 Å². The lowest BCUT2D eigenvalue weighted by atomic mass is 9.93. The number of anilines is 1. The fraction of sp³-hybridized carbons (Fsp3) is 0.444. The minimum absolute atomic E-state index is 0.124. The van der Waals surface area contributed by atoms with Crippen molar-refractivity contribution in [2.45, 2.75) is 46.1 Å². The van der Waals surface area contributed by atoms with E-state index < -0.39 is 0 Å². The highest BCUT2D eigenvalue weighted by Gasteiger charge is 2.20. The van der Waals surface area contributed by atoms with Crippen LogP contribution in [0.1, 0.15) is 48.1 Å². The Morgan fingerprint density at radius 2 is 2.09 bits per heavy atom. The highest BCUT2D eigenvalue weighted by molar-refractivity contribution is 7.15. The SMILES string of the molecule is CC(C)Oc1ccc(C(=O)Nc2nc3c(s2)C[C@H](C)CC3)cc1. The molecule has 2 aromatic rings. The monoisotopic (exact) mass is 330 g/mol. The third kappa shape index (κ3) is 3.91. The van der Waals surface area contributed by atoms with E-state index in [-0.39, 0.29) is 12.0 Å². The van der Waals surface area contributed by atoms with E-state index in [1.807, 2.05) is 26.0 Å². The number of benzene rings is 1. The van der Waals surface area contributed by atoms with E-state index in [9.17, 15) is 4.79 Å². The minimum Gasteiger partial charge on any atom is -0.491 e. The van der Waals surface area contributed by atoms with E-state index in [1.54, 1.807) is 23.5 Å². The molecule has 0 spiro atoms. The number of amides is 1. The van der Waals surface area contributed by atoms with E-state index in [2.05, 4.69) is 17.2 Å². The summed E-state index contributed by atoms with van der Waals surface area (Å²) < 4.78 is 5.59. The Balaban J connectivity index is 1.67. The number of carbonyl (C=O) groups is 1. The normalized spacial score (nSPS) is 17.0. The molecule has 1 N–H and O–H groups in total. The Hall–Kier alpha value is -1.88. The van der Waals surface area contributed by atoms with E-state index >= 15 is 0 Å². The third-order valence-corrected chi connectivity index (χ3v) is 4.93. The largest absolute Gasteiger partial charge is 0.491 e. The smallest absolute Gasteiger partial charge is 0.257 e.